The summed E-state index contributed by atoms with van der Waals surface area (Å²) in [6.07, 6.45) is 1.46. The molecule has 1 aromatic heterocycles. The number of hydrazine groups is 1. The summed E-state index contributed by atoms with van der Waals surface area (Å²) in [4.78, 5) is 10.3. The normalized spacial score (nSPS) is 20.4. The van der Waals surface area contributed by atoms with E-state index in [1.54, 1.807) is 0 Å². The lowest BCUT2D eigenvalue weighted by atomic mass is 10.2. The highest BCUT2D eigenvalue weighted by atomic mass is 16.5. The van der Waals surface area contributed by atoms with E-state index >= 15 is 0 Å². The van der Waals surface area contributed by atoms with E-state index < -0.39 is 0 Å². The van der Waals surface area contributed by atoms with Crippen LogP contribution in [-0.2, 0) is 4.74 Å². The Morgan fingerprint density at radius 3 is 3.18 bits per heavy atom. The van der Waals surface area contributed by atoms with Crippen LogP contribution in [0.15, 0.2) is 6.33 Å². The molecule has 94 valence electrons. The molecule has 2 heterocycles. The number of ether oxygens (including phenoxy) is 1. The molecule has 17 heavy (non-hydrogen) atoms. The van der Waals surface area contributed by atoms with Gasteiger partial charge in [-0.1, -0.05) is 0 Å². The predicted molar refractivity (Wildman–Crippen MR) is 63.6 cm³/mol. The summed E-state index contributed by atoms with van der Waals surface area (Å²) in [6, 6.07) is -0.0667. The van der Waals surface area contributed by atoms with Crippen LogP contribution in [0.4, 0.5) is 11.6 Å². The SMILES string of the molecule is Cc1c(NN)ncnc1N1CCOCC1CO. The molecule has 0 saturated carbocycles. The fraction of sp³-hybridized carbons (Fsp3) is 0.600. The van der Waals surface area contributed by atoms with Crippen molar-refractivity contribution in [3.05, 3.63) is 11.9 Å². The molecule has 1 fully saturated rings. The minimum atomic E-state index is -0.0667. The molecule has 4 N–H and O–H groups in total. The maximum Gasteiger partial charge on any atom is 0.148 e. The molecule has 1 atom stereocenters. The summed E-state index contributed by atoms with van der Waals surface area (Å²) in [5.74, 6) is 6.77. The van der Waals surface area contributed by atoms with E-state index in [1.807, 2.05) is 11.8 Å². The number of anilines is 2. The average molecular weight is 239 g/mol. The Hall–Kier alpha value is -1.44. The third kappa shape index (κ3) is 2.31. The molecule has 7 nitrogen and oxygen atoms in total. The molecule has 1 aliphatic heterocycles. The number of nitrogens with zero attached hydrogens (tertiary/aromatic N) is 3. The standard InChI is InChI=1S/C10H17N5O2/c1-7-9(14-11)12-6-13-10(7)15-2-3-17-5-8(15)4-16/h6,8,16H,2-5,11H2,1H3,(H,12,13,14). The third-order valence-corrected chi connectivity index (χ3v) is 2.90. The lowest BCUT2D eigenvalue weighted by molar-refractivity contribution is 0.0722. The second-order valence-electron chi connectivity index (χ2n) is 3.92. The zero-order chi connectivity index (χ0) is 12.3. The molecule has 0 aliphatic carbocycles. The zero-order valence-corrected chi connectivity index (χ0v) is 9.76. The van der Waals surface area contributed by atoms with Gasteiger partial charge in [0.05, 0.1) is 25.9 Å². The van der Waals surface area contributed by atoms with Crippen LogP contribution in [0.5, 0.6) is 0 Å². The van der Waals surface area contributed by atoms with E-state index in [4.69, 9.17) is 10.6 Å². The maximum atomic E-state index is 9.33. The fourth-order valence-electron chi connectivity index (χ4n) is 1.96. The van der Waals surface area contributed by atoms with E-state index in [1.165, 1.54) is 6.33 Å². The summed E-state index contributed by atoms with van der Waals surface area (Å²) < 4.78 is 5.34. The van der Waals surface area contributed by atoms with Crippen molar-refractivity contribution in [3.63, 3.8) is 0 Å². The Kier molecular flexibility index (Phi) is 3.72. The minimum Gasteiger partial charge on any atom is -0.394 e. The third-order valence-electron chi connectivity index (χ3n) is 2.90. The van der Waals surface area contributed by atoms with Gasteiger partial charge in [0.1, 0.15) is 18.0 Å². The van der Waals surface area contributed by atoms with Crippen molar-refractivity contribution in [1.29, 1.82) is 0 Å². The Balaban J connectivity index is 2.31. The smallest absolute Gasteiger partial charge is 0.148 e. The Labute approximate surface area is 99.6 Å². The summed E-state index contributed by atoms with van der Waals surface area (Å²) in [7, 11) is 0. The molecule has 0 amide bonds. The summed E-state index contributed by atoms with van der Waals surface area (Å²) >= 11 is 0. The molecular weight excluding hydrogens is 222 g/mol. The van der Waals surface area contributed by atoms with Crippen molar-refractivity contribution in [2.45, 2.75) is 13.0 Å². The molecule has 7 heteroatoms. The molecule has 0 radical (unpaired) electrons. The number of aromatic nitrogens is 2. The number of nitrogens with one attached hydrogen (secondary N) is 1. The van der Waals surface area contributed by atoms with Crippen molar-refractivity contribution < 1.29 is 9.84 Å². The van der Waals surface area contributed by atoms with Gasteiger partial charge in [0.2, 0.25) is 0 Å². The largest absolute Gasteiger partial charge is 0.394 e. The number of aliphatic hydroxyl groups is 1. The molecule has 2 rings (SSSR count). The van der Waals surface area contributed by atoms with E-state index in [9.17, 15) is 5.11 Å². The molecule has 1 unspecified atom stereocenters. The van der Waals surface area contributed by atoms with Crippen LogP contribution in [0.3, 0.4) is 0 Å². The first-order valence-electron chi connectivity index (χ1n) is 5.51. The van der Waals surface area contributed by atoms with Gasteiger partial charge in [0, 0.05) is 12.1 Å². The van der Waals surface area contributed by atoms with Crippen molar-refractivity contribution in [3.8, 4) is 0 Å². The summed E-state index contributed by atoms with van der Waals surface area (Å²) in [5.41, 5.74) is 3.41. The molecular formula is C10H17N5O2. The number of morpholine rings is 1. The lowest BCUT2D eigenvalue weighted by Crippen LogP contribution is -2.48. The molecule has 1 aromatic rings. The van der Waals surface area contributed by atoms with Gasteiger partial charge >= 0.3 is 0 Å². The minimum absolute atomic E-state index is 0.0365. The van der Waals surface area contributed by atoms with Gasteiger partial charge in [-0.05, 0) is 6.92 Å². The second kappa shape index (κ2) is 5.26. The van der Waals surface area contributed by atoms with Crippen LogP contribution < -0.4 is 16.2 Å². The molecule has 1 aliphatic rings. The highest BCUT2D eigenvalue weighted by Crippen LogP contribution is 2.24. The Morgan fingerprint density at radius 1 is 1.65 bits per heavy atom. The first kappa shape index (κ1) is 12.0. The van der Waals surface area contributed by atoms with E-state index in [2.05, 4.69) is 15.4 Å². The van der Waals surface area contributed by atoms with Crippen molar-refractivity contribution >= 4 is 11.6 Å². The van der Waals surface area contributed by atoms with Crippen LogP contribution in [0, 0.1) is 6.92 Å². The number of nitrogen functional groups attached to an aromatic ring is 1. The number of hydrogen-bond acceptors (Lipinski definition) is 7. The van der Waals surface area contributed by atoms with Crippen molar-refractivity contribution in [1.82, 2.24) is 9.97 Å². The first-order valence-corrected chi connectivity index (χ1v) is 5.51. The van der Waals surface area contributed by atoms with E-state index in [-0.39, 0.29) is 12.6 Å². The highest BCUT2D eigenvalue weighted by molar-refractivity contribution is 5.58. The highest BCUT2D eigenvalue weighted by Gasteiger charge is 2.25. The zero-order valence-electron chi connectivity index (χ0n) is 9.76. The van der Waals surface area contributed by atoms with Crippen LogP contribution in [0.1, 0.15) is 5.56 Å². The predicted octanol–water partition coefficient (Wildman–Crippen LogP) is -0.732. The number of rotatable bonds is 3. The number of hydrogen-bond donors (Lipinski definition) is 3. The fourth-order valence-corrected chi connectivity index (χ4v) is 1.96. The van der Waals surface area contributed by atoms with Gasteiger partial charge in [-0.2, -0.15) is 0 Å². The van der Waals surface area contributed by atoms with Gasteiger partial charge < -0.3 is 20.2 Å². The topological polar surface area (TPSA) is 96.5 Å². The van der Waals surface area contributed by atoms with Gasteiger partial charge in [-0.25, -0.2) is 15.8 Å². The van der Waals surface area contributed by atoms with Gasteiger partial charge in [-0.15, -0.1) is 0 Å². The lowest BCUT2D eigenvalue weighted by Gasteiger charge is -2.36. The summed E-state index contributed by atoms with van der Waals surface area (Å²) in [5, 5.41) is 9.33. The molecule has 0 aromatic carbocycles. The molecule has 1 saturated heterocycles. The summed E-state index contributed by atoms with van der Waals surface area (Å²) in [6.45, 7) is 3.77. The average Bonchev–Trinajstić information content (AvgIpc) is 2.39. The number of nitrogens with two attached hydrogens (primary N) is 1. The van der Waals surface area contributed by atoms with Crippen LogP contribution in [0.25, 0.3) is 0 Å². The molecule has 0 bridgehead atoms. The van der Waals surface area contributed by atoms with Gasteiger partial charge in [0.15, 0.2) is 0 Å². The van der Waals surface area contributed by atoms with Gasteiger partial charge in [0.25, 0.3) is 0 Å². The molecule has 0 spiro atoms. The second-order valence-corrected chi connectivity index (χ2v) is 3.92. The monoisotopic (exact) mass is 239 g/mol. The maximum absolute atomic E-state index is 9.33. The van der Waals surface area contributed by atoms with Crippen molar-refractivity contribution in [2.24, 2.45) is 5.84 Å². The van der Waals surface area contributed by atoms with E-state index in [0.29, 0.717) is 25.6 Å². The first-order chi connectivity index (χ1) is 8.27. The van der Waals surface area contributed by atoms with Crippen LogP contribution >= 0.6 is 0 Å². The van der Waals surface area contributed by atoms with Crippen LogP contribution in [0.2, 0.25) is 0 Å². The Bertz CT molecular complexity index is 387. The Morgan fingerprint density at radius 2 is 2.47 bits per heavy atom. The van der Waals surface area contributed by atoms with Crippen molar-refractivity contribution in [2.75, 3.05) is 36.7 Å². The van der Waals surface area contributed by atoms with E-state index in [0.717, 1.165) is 11.4 Å². The van der Waals surface area contributed by atoms with Crippen LogP contribution in [-0.4, -0.2) is 47.5 Å². The number of aliphatic hydroxyl groups excluding tert-OH is 1. The van der Waals surface area contributed by atoms with Gasteiger partial charge in [-0.3, -0.25) is 0 Å². The quantitative estimate of drug-likeness (QED) is 0.472.